The zero-order chi connectivity index (χ0) is 9.64. The second-order valence-corrected chi connectivity index (χ2v) is 3.35. The van der Waals surface area contributed by atoms with Gasteiger partial charge in [-0.2, -0.15) is 0 Å². The second kappa shape index (κ2) is 4.70. The van der Waals surface area contributed by atoms with Crippen molar-refractivity contribution in [3.8, 4) is 0 Å². The fourth-order valence-electron chi connectivity index (χ4n) is 1.51. The predicted molar refractivity (Wildman–Crippen MR) is 54.5 cm³/mol. The number of allylic oxidation sites excluding steroid dienone is 1. The molecule has 0 bridgehead atoms. The maximum Gasteiger partial charge on any atom is 0.229 e. The zero-order valence-corrected chi connectivity index (χ0v) is 8.11. The van der Waals surface area contributed by atoms with Crippen molar-refractivity contribution in [1.29, 1.82) is 0 Å². The van der Waals surface area contributed by atoms with Crippen molar-refractivity contribution in [3.63, 3.8) is 0 Å². The summed E-state index contributed by atoms with van der Waals surface area (Å²) in [6.45, 7) is 0.390. The first-order chi connectivity index (χ1) is 6.95. The molecular weight excluding hydrogens is 176 g/mol. The highest BCUT2D eigenvalue weighted by molar-refractivity contribution is 5.14. The number of hydrogen-bond acceptors (Lipinski definition) is 2. The summed E-state index contributed by atoms with van der Waals surface area (Å²) in [4.78, 5) is 0. The molecule has 1 aliphatic heterocycles. The number of ether oxygens (including phenoxy) is 2. The van der Waals surface area contributed by atoms with Crippen LogP contribution in [-0.2, 0) is 15.9 Å². The molecule has 2 nitrogen and oxygen atoms in total. The Balaban J connectivity index is 1.73. The van der Waals surface area contributed by atoms with Gasteiger partial charge >= 0.3 is 0 Å². The summed E-state index contributed by atoms with van der Waals surface area (Å²) in [5, 5.41) is 0. The van der Waals surface area contributed by atoms with Gasteiger partial charge in [-0.3, -0.25) is 0 Å². The molecule has 1 aliphatic rings. The molecule has 14 heavy (non-hydrogen) atoms. The van der Waals surface area contributed by atoms with Gasteiger partial charge in [0.1, 0.15) is 12.0 Å². The van der Waals surface area contributed by atoms with Crippen molar-refractivity contribution in [2.45, 2.75) is 19.3 Å². The lowest BCUT2D eigenvalue weighted by Gasteiger charge is -2.01. The van der Waals surface area contributed by atoms with E-state index >= 15 is 0 Å². The Kier molecular flexibility index (Phi) is 3.06. The maximum absolute atomic E-state index is 5.23. The summed E-state index contributed by atoms with van der Waals surface area (Å²) in [6.07, 6.45) is 4.89. The van der Waals surface area contributed by atoms with Crippen molar-refractivity contribution >= 4 is 0 Å². The molecule has 74 valence electrons. The third kappa shape index (κ3) is 2.52. The molecule has 0 aromatic heterocycles. The highest BCUT2D eigenvalue weighted by Crippen LogP contribution is 2.14. The van der Waals surface area contributed by atoms with Crippen molar-refractivity contribution in [2.75, 3.05) is 6.79 Å². The van der Waals surface area contributed by atoms with Crippen LogP contribution in [0.15, 0.2) is 42.4 Å². The Labute approximate surface area is 84.2 Å². The third-order valence-electron chi connectivity index (χ3n) is 2.26. The first-order valence-corrected chi connectivity index (χ1v) is 4.92. The summed E-state index contributed by atoms with van der Waals surface area (Å²) >= 11 is 0. The summed E-state index contributed by atoms with van der Waals surface area (Å²) in [5.74, 6) is 0.973. The van der Waals surface area contributed by atoms with Gasteiger partial charge in [0.25, 0.3) is 0 Å². The van der Waals surface area contributed by atoms with Gasteiger partial charge in [-0.25, -0.2) is 0 Å². The van der Waals surface area contributed by atoms with Gasteiger partial charge in [-0.05, 0) is 18.4 Å². The largest absolute Gasteiger partial charge is 0.462 e. The monoisotopic (exact) mass is 190 g/mol. The van der Waals surface area contributed by atoms with Gasteiger partial charge in [0.05, 0.1) is 0 Å². The Bertz CT molecular complexity index is 303. The third-order valence-corrected chi connectivity index (χ3v) is 2.26. The Hall–Kier alpha value is -1.44. The van der Waals surface area contributed by atoms with E-state index in [9.17, 15) is 0 Å². The first-order valence-electron chi connectivity index (χ1n) is 4.92. The van der Waals surface area contributed by atoms with E-state index in [1.807, 2.05) is 6.07 Å². The number of rotatable bonds is 4. The fraction of sp³-hybridized carbons (Fsp3) is 0.333. The van der Waals surface area contributed by atoms with Gasteiger partial charge in [0.2, 0.25) is 6.79 Å². The molecule has 0 amide bonds. The van der Waals surface area contributed by atoms with Gasteiger partial charge in [-0.1, -0.05) is 30.3 Å². The number of aryl methyl sites for hydroxylation is 1. The van der Waals surface area contributed by atoms with Crippen LogP contribution >= 0.6 is 0 Å². The number of hydrogen-bond donors (Lipinski definition) is 0. The summed E-state index contributed by atoms with van der Waals surface area (Å²) in [5.41, 5.74) is 1.38. The van der Waals surface area contributed by atoms with Crippen molar-refractivity contribution in [2.24, 2.45) is 0 Å². The SMILES string of the molecule is C1=C(CCCc2ccccc2)OCO1. The minimum Gasteiger partial charge on any atom is -0.462 e. The summed E-state index contributed by atoms with van der Waals surface area (Å²) < 4.78 is 10.2. The fourth-order valence-corrected chi connectivity index (χ4v) is 1.51. The Morgan fingerprint density at radius 1 is 1.07 bits per heavy atom. The van der Waals surface area contributed by atoms with Crippen LogP contribution in [0.25, 0.3) is 0 Å². The lowest BCUT2D eigenvalue weighted by Crippen LogP contribution is -1.89. The topological polar surface area (TPSA) is 18.5 Å². The van der Waals surface area contributed by atoms with E-state index in [-0.39, 0.29) is 0 Å². The molecule has 0 unspecified atom stereocenters. The molecule has 0 radical (unpaired) electrons. The van der Waals surface area contributed by atoms with E-state index in [1.54, 1.807) is 6.26 Å². The van der Waals surface area contributed by atoms with Crippen LogP contribution in [0.2, 0.25) is 0 Å². The van der Waals surface area contributed by atoms with E-state index in [1.165, 1.54) is 5.56 Å². The lowest BCUT2D eigenvalue weighted by molar-refractivity contribution is 0.0776. The van der Waals surface area contributed by atoms with E-state index in [0.717, 1.165) is 25.0 Å². The van der Waals surface area contributed by atoms with Crippen LogP contribution in [0.4, 0.5) is 0 Å². The molecule has 0 saturated carbocycles. The molecule has 0 fully saturated rings. The van der Waals surface area contributed by atoms with Gasteiger partial charge < -0.3 is 9.47 Å². The average molecular weight is 190 g/mol. The summed E-state index contributed by atoms with van der Waals surface area (Å²) in [6, 6.07) is 10.5. The molecule has 1 aromatic carbocycles. The highest BCUT2D eigenvalue weighted by atomic mass is 16.7. The van der Waals surface area contributed by atoms with E-state index < -0.39 is 0 Å². The lowest BCUT2D eigenvalue weighted by atomic mass is 10.1. The minimum absolute atomic E-state index is 0.390. The van der Waals surface area contributed by atoms with Crippen molar-refractivity contribution in [3.05, 3.63) is 47.9 Å². The van der Waals surface area contributed by atoms with Crippen LogP contribution in [0.3, 0.4) is 0 Å². The first kappa shape index (κ1) is 9.13. The van der Waals surface area contributed by atoms with Crippen LogP contribution in [0.1, 0.15) is 18.4 Å². The van der Waals surface area contributed by atoms with Crippen LogP contribution in [0.5, 0.6) is 0 Å². The molecule has 1 aromatic rings. The normalized spacial score (nSPS) is 14.4. The molecule has 2 heteroatoms. The molecule has 0 atom stereocenters. The highest BCUT2D eigenvalue weighted by Gasteiger charge is 2.05. The predicted octanol–water partition coefficient (Wildman–Crippen LogP) is 2.86. The van der Waals surface area contributed by atoms with Gasteiger partial charge in [0, 0.05) is 6.42 Å². The Morgan fingerprint density at radius 2 is 1.93 bits per heavy atom. The maximum atomic E-state index is 5.23. The molecule has 0 saturated heterocycles. The van der Waals surface area contributed by atoms with E-state index in [4.69, 9.17) is 9.47 Å². The van der Waals surface area contributed by atoms with Crippen LogP contribution in [0, 0.1) is 0 Å². The van der Waals surface area contributed by atoms with E-state index in [0.29, 0.717) is 6.79 Å². The van der Waals surface area contributed by atoms with E-state index in [2.05, 4.69) is 24.3 Å². The second-order valence-electron chi connectivity index (χ2n) is 3.35. The molecule has 0 N–H and O–H groups in total. The van der Waals surface area contributed by atoms with Gasteiger partial charge in [-0.15, -0.1) is 0 Å². The van der Waals surface area contributed by atoms with Crippen LogP contribution < -0.4 is 0 Å². The van der Waals surface area contributed by atoms with Gasteiger partial charge in [0.15, 0.2) is 0 Å². The molecule has 1 heterocycles. The molecule has 2 rings (SSSR count). The number of benzene rings is 1. The summed E-state index contributed by atoms with van der Waals surface area (Å²) in [7, 11) is 0. The smallest absolute Gasteiger partial charge is 0.229 e. The van der Waals surface area contributed by atoms with Crippen LogP contribution in [-0.4, -0.2) is 6.79 Å². The molecule has 0 aliphatic carbocycles. The zero-order valence-electron chi connectivity index (χ0n) is 8.11. The average Bonchev–Trinajstić information content (AvgIpc) is 2.72. The molecule has 0 spiro atoms. The Morgan fingerprint density at radius 3 is 2.64 bits per heavy atom. The minimum atomic E-state index is 0.390. The van der Waals surface area contributed by atoms with Crippen molar-refractivity contribution in [1.82, 2.24) is 0 Å². The quantitative estimate of drug-likeness (QED) is 0.726. The molecular formula is C12H14O2. The standard InChI is InChI=1S/C12H14O2/c1-2-5-11(6-3-1)7-4-8-12-9-13-10-14-12/h1-3,5-6,9H,4,7-8,10H2. The van der Waals surface area contributed by atoms with Crippen molar-refractivity contribution < 1.29 is 9.47 Å².